The minimum Gasteiger partial charge on any atom is -0.455 e. The molecule has 2 saturated heterocycles. The van der Waals surface area contributed by atoms with Crippen LogP contribution in [-0.2, 0) is 37.0 Å². The zero-order chi connectivity index (χ0) is 22.6. The number of carbonyl (C=O) groups excluding carboxylic acids is 1. The number of ether oxygens (including phenoxy) is 4. The Bertz CT molecular complexity index is 1060. The second kappa shape index (κ2) is 10.1. The van der Waals surface area contributed by atoms with Crippen molar-refractivity contribution in [2.45, 2.75) is 54.9 Å². The molecule has 2 aliphatic heterocycles. The number of benzene rings is 3. The van der Waals surface area contributed by atoms with Crippen LogP contribution in [0.25, 0.3) is 0 Å². The molecular weight excluding hydrogens is 436 g/mol. The molecule has 5 nitrogen and oxygen atoms in total. The van der Waals surface area contributed by atoms with E-state index in [1.54, 1.807) is 11.8 Å². The lowest BCUT2D eigenvalue weighted by Crippen LogP contribution is -2.54. The Morgan fingerprint density at radius 3 is 1.97 bits per heavy atom. The van der Waals surface area contributed by atoms with Crippen LogP contribution in [0, 0.1) is 6.92 Å². The van der Waals surface area contributed by atoms with Gasteiger partial charge in [0.2, 0.25) is 0 Å². The Kier molecular flexibility index (Phi) is 6.78. The van der Waals surface area contributed by atoms with Gasteiger partial charge in [-0.2, -0.15) is 0 Å². The lowest BCUT2D eigenvalue weighted by atomic mass is 10.0. The quantitative estimate of drug-likeness (QED) is 0.444. The van der Waals surface area contributed by atoms with Crippen LogP contribution < -0.4 is 0 Å². The van der Waals surface area contributed by atoms with Gasteiger partial charge in [0.05, 0.1) is 13.2 Å². The van der Waals surface area contributed by atoms with Crippen LogP contribution in [0.4, 0.5) is 0 Å². The fraction of sp³-hybridized carbons (Fsp3) is 0.296. The summed E-state index contributed by atoms with van der Waals surface area (Å²) in [6.07, 6.45) is -2.29. The minimum absolute atomic E-state index is 0.375. The summed E-state index contributed by atoms with van der Waals surface area (Å²) in [5.74, 6) is -0.390. The first-order valence-electron chi connectivity index (χ1n) is 11.1. The summed E-state index contributed by atoms with van der Waals surface area (Å²) < 4.78 is 24.5. The van der Waals surface area contributed by atoms with Crippen molar-refractivity contribution < 1.29 is 23.7 Å². The number of carbonyl (C=O) groups is 1. The summed E-state index contributed by atoms with van der Waals surface area (Å²) in [7, 11) is 0. The molecule has 3 aromatic carbocycles. The largest absolute Gasteiger partial charge is 0.455 e. The van der Waals surface area contributed by atoms with Gasteiger partial charge in [0.15, 0.2) is 12.2 Å². The Labute approximate surface area is 198 Å². The third-order valence-electron chi connectivity index (χ3n) is 5.82. The molecule has 6 heteroatoms. The molecule has 2 bridgehead atoms. The zero-order valence-corrected chi connectivity index (χ0v) is 19.1. The van der Waals surface area contributed by atoms with Crippen LogP contribution in [0.5, 0.6) is 0 Å². The van der Waals surface area contributed by atoms with Crippen LogP contribution in [0.1, 0.15) is 16.7 Å². The van der Waals surface area contributed by atoms with Gasteiger partial charge in [0.25, 0.3) is 0 Å². The average molecular weight is 463 g/mol. The highest BCUT2D eigenvalue weighted by molar-refractivity contribution is 7.99. The zero-order valence-electron chi connectivity index (χ0n) is 18.3. The van der Waals surface area contributed by atoms with Crippen LogP contribution >= 0.6 is 11.8 Å². The van der Waals surface area contributed by atoms with E-state index in [0.717, 1.165) is 16.0 Å². The predicted molar refractivity (Wildman–Crippen MR) is 126 cm³/mol. The number of hydrogen-bond donors (Lipinski definition) is 0. The summed E-state index contributed by atoms with van der Waals surface area (Å²) in [5.41, 5.74) is 2.87. The molecule has 0 spiro atoms. The molecule has 0 N–H and O–H groups in total. The molecular formula is C27H26O5S. The maximum Gasteiger partial charge on any atom is 0.338 e. The average Bonchev–Trinajstić information content (AvgIpc) is 3.07. The number of esters is 1. The van der Waals surface area contributed by atoms with E-state index in [2.05, 4.69) is 31.2 Å². The lowest BCUT2D eigenvalue weighted by Gasteiger charge is -2.38. The molecule has 0 aliphatic carbocycles. The van der Waals surface area contributed by atoms with Crippen molar-refractivity contribution in [3.63, 3.8) is 0 Å². The molecule has 2 heterocycles. The molecule has 2 aliphatic rings. The first-order valence-corrected chi connectivity index (χ1v) is 12.0. The lowest BCUT2D eigenvalue weighted by molar-refractivity contribution is -0.182. The van der Waals surface area contributed by atoms with Crippen molar-refractivity contribution in [3.05, 3.63) is 102 Å². The van der Waals surface area contributed by atoms with Gasteiger partial charge in [-0.15, -0.1) is 0 Å². The van der Waals surface area contributed by atoms with Crippen molar-refractivity contribution in [2.24, 2.45) is 0 Å². The van der Waals surface area contributed by atoms with Crippen molar-refractivity contribution in [1.82, 2.24) is 0 Å². The maximum absolute atomic E-state index is 12.6. The van der Waals surface area contributed by atoms with Crippen molar-refractivity contribution in [2.75, 3.05) is 0 Å². The van der Waals surface area contributed by atoms with Gasteiger partial charge in [-0.05, 0) is 30.2 Å². The van der Waals surface area contributed by atoms with E-state index in [1.165, 1.54) is 5.56 Å². The summed E-state index contributed by atoms with van der Waals surface area (Å²) >= 11 is 1.55. The molecule has 5 rings (SSSR count). The number of hydrogen-bond acceptors (Lipinski definition) is 6. The summed E-state index contributed by atoms with van der Waals surface area (Å²) in [5, 5.41) is 0. The molecule has 3 aromatic rings. The van der Waals surface area contributed by atoms with Crippen LogP contribution in [0.3, 0.4) is 0 Å². The van der Waals surface area contributed by atoms with Gasteiger partial charge in [0, 0.05) is 4.90 Å². The Morgan fingerprint density at radius 1 is 0.788 bits per heavy atom. The molecule has 0 radical (unpaired) electrons. The Balaban J connectivity index is 1.36. The molecule has 2 fully saturated rings. The third kappa shape index (κ3) is 5.14. The Morgan fingerprint density at radius 2 is 1.36 bits per heavy atom. The summed E-state index contributed by atoms with van der Waals surface area (Å²) in [4.78, 5) is 13.7. The molecule has 33 heavy (non-hydrogen) atoms. The van der Waals surface area contributed by atoms with E-state index in [0.29, 0.717) is 13.2 Å². The number of fused-ring (bicyclic) bond motifs is 2. The summed E-state index contributed by atoms with van der Waals surface area (Å²) in [6.45, 7) is 2.82. The Hall–Kier alpha value is -2.64. The van der Waals surface area contributed by atoms with Crippen LogP contribution in [0.15, 0.2) is 89.8 Å². The monoisotopic (exact) mass is 462 g/mol. The topological polar surface area (TPSA) is 54.0 Å². The van der Waals surface area contributed by atoms with E-state index in [-0.39, 0.29) is 0 Å². The highest BCUT2D eigenvalue weighted by atomic mass is 32.2. The maximum atomic E-state index is 12.6. The number of aryl methyl sites for hydroxylation is 1. The first-order chi connectivity index (χ1) is 16.2. The molecule has 0 saturated carbocycles. The van der Waals surface area contributed by atoms with Gasteiger partial charge in [0.1, 0.15) is 17.6 Å². The van der Waals surface area contributed by atoms with Gasteiger partial charge >= 0.3 is 5.97 Å². The number of thioether (sulfide) groups is 1. The van der Waals surface area contributed by atoms with Gasteiger partial charge < -0.3 is 18.9 Å². The molecule has 0 aromatic heterocycles. The number of rotatable bonds is 8. The van der Waals surface area contributed by atoms with E-state index < -0.39 is 35.8 Å². The minimum atomic E-state index is -0.766. The fourth-order valence-corrected chi connectivity index (χ4v) is 5.18. The highest BCUT2D eigenvalue weighted by Crippen LogP contribution is 2.41. The highest BCUT2D eigenvalue weighted by Gasteiger charge is 2.58. The normalized spacial score (nSPS) is 26.2. The van der Waals surface area contributed by atoms with Crippen molar-refractivity contribution >= 4 is 17.7 Å². The molecule has 0 unspecified atom stereocenters. The molecule has 5 atom stereocenters. The molecule has 170 valence electrons. The fourth-order valence-electron chi connectivity index (χ4n) is 4.07. The smallest absolute Gasteiger partial charge is 0.338 e. The second-order valence-corrected chi connectivity index (χ2v) is 9.45. The van der Waals surface area contributed by atoms with E-state index >= 15 is 0 Å². The standard InChI is InChI=1S/C27H26O5S/c1-18-12-14-21(15-13-18)33-27-25(30-17-20-10-6-3-7-11-20)23-22(24(32-27)26(28)31-23)29-16-19-8-4-2-5-9-19/h2-15,22-25,27H,16-17H2,1H3/t22-,23+,24+,25-,27+/m1/s1. The first kappa shape index (κ1) is 22.2. The van der Waals surface area contributed by atoms with Crippen molar-refractivity contribution in [3.8, 4) is 0 Å². The second-order valence-electron chi connectivity index (χ2n) is 8.28. The SMILES string of the molecule is Cc1ccc(S[C@@H]2O[C@@H]3C(=O)O[C@@H]([C@H]3OCc3ccccc3)[C@H]2OCc2ccccc2)cc1. The third-order valence-corrected chi connectivity index (χ3v) is 6.98. The summed E-state index contributed by atoms with van der Waals surface area (Å²) in [6, 6.07) is 28.1. The van der Waals surface area contributed by atoms with Crippen LogP contribution in [0.2, 0.25) is 0 Å². The van der Waals surface area contributed by atoms with E-state index in [9.17, 15) is 4.79 Å². The van der Waals surface area contributed by atoms with Crippen LogP contribution in [-0.4, -0.2) is 35.8 Å². The van der Waals surface area contributed by atoms with Gasteiger partial charge in [-0.25, -0.2) is 4.79 Å². The van der Waals surface area contributed by atoms with Crippen molar-refractivity contribution in [1.29, 1.82) is 0 Å². The van der Waals surface area contributed by atoms with E-state index in [1.807, 2.05) is 60.7 Å². The molecule has 0 amide bonds. The van der Waals surface area contributed by atoms with Gasteiger partial charge in [-0.1, -0.05) is 90.1 Å². The van der Waals surface area contributed by atoms with Gasteiger partial charge in [-0.3, -0.25) is 0 Å². The van der Waals surface area contributed by atoms with E-state index in [4.69, 9.17) is 18.9 Å². The predicted octanol–water partition coefficient (Wildman–Crippen LogP) is 4.91.